The molecule has 0 aliphatic rings. The van der Waals surface area contributed by atoms with Gasteiger partial charge in [-0.15, -0.1) is 11.8 Å². The number of amides is 1. The normalized spacial score (nSPS) is 11.3. The van der Waals surface area contributed by atoms with Gasteiger partial charge in [-0.05, 0) is 49.1 Å². The highest BCUT2D eigenvalue weighted by Crippen LogP contribution is 2.34. The minimum Gasteiger partial charge on any atom is -0.338 e. The topological polar surface area (TPSA) is 37.6 Å². The van der Waals surface area contributed by atoms with Crippen molar-refractivity contribution in [2.75, 3.05) is 38.3 Å². The highest BCUT2D eigenvalue weighted by molar-refractivity contribution is 7.98. The highest BCUT2D eigenvalue weighted by Gasteiger charge is 2.23. The Morgan fingerprint density at radius 3 is 2.78 bits per heavy atom. The summed E-state index contributed by atoms with van der Waals surface area (Å²) in [6.07, 6.45) is 2.01. The number of fused-ring (bicyclic) bond motifs is 1. The van der Waals surface area contributed by atoms with Crippen LogP contribution in [-0.4, -0.2) is 44.3 Å². The molecular weight excluding hydrogens is 398 g/mol. The van der Waals surface area contributed by atoms with Gasteiger partial charge in [0.15, 0.2) is 5.13 Å². The van der Waals surface area contributed by atoms with Crippen LogP contribution >= 0.6 is 34.7 Å². The fraction of sp³-hybridized carbons (Fsp3) is 0.300. The van der Waals surface area contributed by atoms with Crippen molar-refractivity contribution < 1.29 is 9.69 Å². The van der Waals surface area contributed by atoms with Crippen molar-refractivity contribution in [1.82, 2.24) is 4.98 Å². The molecule has 4 nitrogen and oxygen atoms in total. The molecule has 0 saturated carbocycles. The van der Waals surface area contributed by atoms with Gasteiger partial charge in [-0.2, -0.15) is 0 Å². The summed E-state index contributed by atoms with van der Waals surface area (Å²) < 4.78 is 1.04. The lowest BCUT2D eigenvalue weighted by molar-refractivity contribution is -0.856. The molecule has 0 bridgehead atoms. The summed E-state index contributed by atoms with van der Waals surface area (Å²) >= 11 is 9.41. The molecule has 142 valence electrons. The number of thiazole rings is 1. The van der Waals surface area contributed by atoms with Gasteiger partial charge in [0.1, 0.15) is 0 Å². The molecule has 0 spiro atoms. The molecule has 0 atom stereocenters. The standard InChI is InChI=1S/C20H22ClN3OS2/c1-13-16(21)8-9-17-18(13)22-20(27-17)24(11-10-23(2)3)19(25)14-6-5-7-15(12-14)26-4/h5-9,12H,10-11H2,1-4H3/p+1. The molecule has 0 aliphatic heterocycles. The van der Waals surface area contributed by atoms with Gasteiger partial charge in [0.2, 0.25) is 0 Å². The third-order valence-corrected chi connectivity index (χ3v) is 6.54. The maximum atomic E-state index is 13.3. The second kappa shape index (κ2) is 8.61. The van der Waals surface area contributed by atoms with E-state index in [1.165, 1.54) is 16.2 Å². The van der Waals surface area contributed by atoms with Crippen molar-refractivity contribution >= 4 is 56.0 Å². The van der Waals surface area contributed by atoms with E-state index in [0.717, 1.165) is 32.4 Å². The number of halogens is 1. The number of thioether (sulfide) groups is 1. The summed E-state index contributed by atoms with van der Waals surface area (Å²) in [4.78, 5) is 22.2. The average Bonchev–Trinajstić information content (AvgIpc) is 3.09. The Balaban J connectivity index is 2.02. The maximum Gasteiger partial charge on any atom is 0.260 e. The van der Waals surface area contributed by atoms with E-state index in [2.05, 4.69) is 14.1 Å². The van der Waals surface area contributed by atoms with Crippen molar-refractivity contribution in [3.8, 4) is 0 Å². The minimum atomic E-state index is -0.0186. The van der Waals surface area contributed by atoms with Gasteiger partial charge in [0.05, 0.1) is 37.4 Å². The summed E-state index contributed by atoms with van der Waals surface area (Å²) in [5.41, 5.74) is 2.51. The Morgan fingerprint density at radius 2 is 2.07 bits per heavy atom. The van der Waals surface area contributed by atoms with Crippen molar-refractivity contribution in [2.24, 2.45) is 0 Å². The van der Waals surface area contributed by atoms with E-state index in [0.29, 0.717) is 17.1 Å². The highest BCUT2D eigenvalue weighted by atomic mass is 35.5. The monoisotopic (exact) mass is 420 g/mol. The number of nitrogens with one attached hydrogen (secondary N) is 1. The Labute approximate surface area is 173 Å². The van der Waals surface area contributed by atoms with Crippen LogP contribution < -0.4 is 9.80 Å². The van der Waals surface area contributed by atoms with E-state index in [4.69, 9.17) is 16.6 Å². The molecule has 27 heavy (non-hydrogen) atoms. The second-order valence-corrected chi connectivity index (χ2v) is 8.96. The SMILES string of the molecule is CSc1cccc(C(=O)N(CC[NH+](C)C)c2nc3c(C)c(Cl)ccc3s2)c1. The summed E-state index contributed by atoms with van der Waals surface area (Å²) in [5.74, 6) is -0.0186. The molecule has 0 radical (unpaired) electrons. The van der Waals surface area contributed by atoms with Crippen LogP contribution in [0.5, 0.6) is 0 Å². The van der Waals surface area contributed by atoms with Crippen molar-refractivity contribution in [3.63, 3.8) is 0 Å². The van der Waals surface area contributed by atoms with Gasteiger partial charge >= 0.3 is 0 Å². The molecule has 1 heterocycles. The molecule has 0 aliphatic carbocycles. The summed E-state index contributed by atoms with van der Waals surface area (Å²) in [7, 11) is 4.17. The number of aryl methyl sites for hydroxylation is 1. The Kier molecular flexibility index (Phi) is 6.42. The second-order valence-electron chi connectivity index (χ2n) is 6.66. The van der Waals surface area contributed by atoms with Gasteiger partial charge in [-0.3, -0.25) is 9.69 Å². The number of aromatic nitrogens is 1. The lowest BCUT2D eigenvalue weighted by atomic mass is 10.2. The molecule has 3 aromatic rings. The Hall–Kier alpha value is -1.60. The number of hydrogen-bond acceptors (Lipinski definition) is 4. The number of likely N-dealkylation sites (N-methyl/N-ethyl adjacent to an activating group) is 1. The lowest BCUT2D eigenvalue weighted by Gasteiger charge is -2.21. The number of carbonyl (C=O) groups excluding carboxylic acids is 1. The molecule has 0 saturated heterocycles. The van der Waals surface area contributed by atoms with Crippen LogP contribution in [0.15, 0.2) is 41.3 Å². The van der Waals surface area contributed by atoms with Gasteiger partial charge in [0.25, 0.3) is 5.91 Å². The zero-order valence-electron chi connectivity index (χ0n) is 15.9. The van der Waals surface area contributed by atoms with Gasteiger partial charge < -0.3 is 4.90 Å². The number of benzene rings is 2. The van der Waals surface area contributed by atoms with E-state index < -0.39 is 0 Å². The van der Waals surface area contributed by atoms with Gasteiger partial charge in [-0.25, -0.2) is 4.98 Å². The summed E-state index contributed by atoms with van der Waals surface area (Å²) in [6.45, 7) is 3.41. The minimum absolute atomic E-state index is 0.0186. The lowest BCUT2D eigenvalue weighted by Crippen LogP contribution is -3.06. The van der Waals surface area contributed by atoms with Crippen LogP contribution in [-0.2, 0) is 0 Å². The smallest absolute Gasteiger partial charge is 0.260 e. The van der Waals surface area contributed by atoms with Crippen LogP contribution in [0.25, 0.3) is 10.2 Å². The van der Waals surface area contributed by atoms with E-state index in [-0.39, 0.29) is 5.91 Å². The molecule has 7 heteroatoms. The fourth-order valence-corrected chi connectivity index (χ4v) is 4.40. The zero-order chi connectivity index (χ0) is 19.6. The number of rotatable bonds is 6. The predicted molar refractivity (Wildman–Crippen MR) is 117 cm³/mol. The number of hydrogen-bond donors (Lipinski definition) is 1. The van der Waals surface area contributed by atoms with Gasteiger partial charge in [-0.1, -0.05) is 29.0 Å². The summed E-state index contributed by atoms with van der Waals surface area (Å²) in [5, 5.41) is 1.42. The number of nitrogens with zero attached hydrogens (tertiary/aromatic N) is 2. The third kappa shape index (κ3) is 4.46. The number of anilines is 1. The molecular formula is C20H23ClN3OS2+. The molecule has 0 fully saturated rings. The number of quaternary nitrogens is 1. The summed E-state index contributed by atoms with van der Waals surface area (Å²) in [6, 6.07) is 11.6. The molecule has 0 unspecified atom stereocenters. The third-order valence-electron chi connectivity index (χ3n) is 4.36. The zero-order valence-corrected chi connectivity index (χ0v) is 18.3. The molecule has 1 amide bonds. The molecule has 3 rings (SSSR count). The average molecular weight is 421 g/mol. The largest absolute Gasteiger partial charge is 0.338 e. The van der Waals surface area contributed by atoms with Crippen molar-refractivity contribution in [2.45, 2.75) is 11.8 Å². The predicted octanol–water partition coefficient (Wildman–Crippen LogP) is 3.77. The fourth-order valence-electron chi connectivity index (χ4n) is 2.74. The first-order valence-corrected chi connectivity index (χ1v) is 11.1. The molecule has 1 aromatic heterocycles. The van der Waals surface area contributed by atoms with E-state index in [1.807, 2.05) is 49.6 Å². The van der Waals surface area contributed by atoms with Gasteiger partial charge in [0, 0.05) is 15.5 Å². The van der Waals surface area contributed by atoms with Crippen molar-refractivity contribution in [1.29, 1.82) is 0 Å². The first-order valence-electron chi connectivity index (χ1n) is 8.71. The quantitative estimate of drug-likeness (QED) is 0.617. The van der Waals surface area contributed by atoms with Crippen LogP contribution in [0.1, 0.15) is 15.9 Å². The van der Waals surface area contributed by atoms with Crippen LogP contribution in [0.3, 0.4) is 0 Å². The maximum absolute atomic E-state index is 13.3. The van der Waals surface area contributed by atoms with Crippen LogP contribution in [0, 0.1) is 6.92 Å². The Morgan fingerprint density at radius 1 is 1.30 bits per heavy atom. The first kappa shape index (κ1) is 20.1. The van der Waals surface area contributed by atoms with E-state index in [1.54, 1.807) is 16.7 Å². The van der Waals surface area contributed by atoms with Crippen LogP contribution in [0.4, 0.5) is 5.13 Å². The number of carbonyl (C=O) groups is 1. The van der Waals surface area contributed by atoms with E-state index >= 15 is 0 Å². The molecule has 1 N–H and O–H groups in total. The molecule has 2 aromatic carbocycles. The van der Waals surface area contributed by atoms with E-state index in [9.17, 15) is 4.79 Å². The van der Waals surface area contributed by atoms with Crippen LogP contribution in [0.2, 0.25) is 5.02 Å². The Bertz CT molecular complexity index is 971. The first-order chi connectivity index (χ1) is 12.9. The van der Waals surface area contributed by atoms with Crippen molar-refractivity contribution in [3.05, 3.63) is 52.5 Å².